The standard InChI is InChI=1S/C22H19N3O4S/c23-15-18(22(26)25-13-12-16-4-2-1-3-5-16)14-19-8-11-21(29-19)17-6-9-20(10-7-17)30(24,27)28/h1-11,14H,12-13H2,(H,25,26)(H2,24,27,28)/b18-14-. The topological polar surface area (TPSA) is 126 Å². The van der Waals surface area contributed by atoms with Crippen LogP contribution in [0.5, 0.6) is 0 Å². The maximum Gasteiger partial charge on any atom is 0.262 e. The molecule has 1 aromatic heterocycles. The molecule has 0 bridgehead atoms. The van der Waals surface area contributed by atoms with Crippen LogP contribution in [0.2, 0.25) is 0 Å². The van der Waals surface area contributed by atoms with Gasteiger partial charge in [0.15, 0.2) is 0 Å². The minimum atomic E-state index is -3.77. The van der Waals surface area contributed by atoms with E-state index in [1.807, 2.05) is 36.4 Å². The summed E-state index contributed by atoms with van der Waals surface area (Å²) in [4.78, 5) is 12.3. The van der Waals surface area contributed by atoms with Crippen LogP contribution in [0.3, 0.4) is 0 Å². The highest BCUT2D eigenvalue weighted by Gasteiger charge is 2.12. The van der Waals surface area contributed by atoms with E-state index in [4.69, 9.17) is 9.56 Å². The molecule has 0 spiro atoms. The monoisotopic (exact) mass is 421 g/mol. The number of nitriles is 1. The first-order valence-corrected chi connectivity index (χ1v) is 10.6. The Hall–Kier alpha value is -3.67. The molecule has 0 aliphatic carbocycles. The molecule has 30 heavy (non-hydrogen) atoms. The van der Waals surface area contributed by atoms with Gasteiger partial charge in [-0.1, -0.05) is 30.3 Å². The Morgan fingerprint density at radius 1 is 1.07 bits per heavy atom. The minimum absolute atomic E-state index is 0.00290. The van der Waals surface area contributed by atoms with E-state index in [1.54, 1.807) is 24.3 Å². The predicted molar refractivity (Wildman–Crippen MR) is 112 cm³/mol. The van der Waals surface area contributed by atoms with Crippen LogP contribution in [0.4, 0.5) is 0 Å². The van der Waals surface area contributed by atoms with Gasteiger partial charge in [0.1, 0.15) is 23.2 Å². The van der Waals surface area contributed by atoms with E-state index in [2.05, 4.69) is 5.32 Å². The van der Waals surface area contributed by atoms with Gasteiger partial charge in [-0.2, -0.15) is 5.26 Å². The second kappa shape index (κ2) is 9.22. The van der Waals surface area contributed by atoms with E-state index < -0.39 is 15.9 Å². The first-order valence-electron chi connectivity index (χ1n) is 9.04. The first-order chi connectivity index (χ1) is 14.4. The lowest BCUT2D eigenvalue weighted by molar-refractivity contribution is -0.117. The molecule has 0 aliphatic heterocycles. The zero-order valence-electron chi connectivity index (χ0n) is 15.9. The third-order valence-electron chi connectivity index (χ3n) is 4.29. The Labute approximate surface area is 174 Å². The van der Waals surface area contributed by atoms with Crippen LogP contribution in [0.25, 0.3) is 17.4 Å². The Balaban J connectivity index is 1.67. The second-order valence-electron chi connectivity index (χ2n) is 6.43. The fourth-order valence-corrected chi connectivity index (χ4v) is 3.26. The number of hydrogen-bond donors (Lipinski definition) is 2. The third-order valence-corrected chi connectivity index (χ3v) is 5.22. The number of nitrogens with zero attached hydrogens (tertiary/aromatic N) is 1. The van der Waals surface area contributed by atoms with Crippen LogP contribution < -0.4 is 10.5 Å². The summed E-state index contributed by atoms with van der Waals surface area (Å²) in [6.45, 7) is 0.404. The molecule has 3 rings (SSSR count). The summed E-state index contributed by atoms with van der Waals surface area (Å²) < 4.78 is 28.3. The molecule has 1 heterocycles. The molecule has 0 unspecified atom stereocenters. The van der Waals surface area contributed by atoms with Gasteiger partial charge in [-0.3, -0.25) is 4.79 Å². The zero-order chi connectivity index (χ0) is 21.6. The lowest BCUT2D eigenvalue weighted by atomic mass is 10.1. The summed E-state index contributed by atoms with van der Waals surface area (Å²) in [7, 11) is -3.77. The van der Waals surface area contributed by atoms with Gasteiger partial charge in [0.25, 0.3) is 5.91 Å². The average Bonchev–Trinajstić information content (AvgIpc) is 3.21. The highest BCUT2D eigenvalue weighted by Crippen LogP contribution is 2.24. The van der Waals surface area contributed by atoms with E-state index in [1.165, 1.54) is 18.2 Å². The molecule has 152 valence electrons. The summed E-state index contributed by atoms with van der Waals surface area (Å²) in [5.41, 5.74) is 1.64. The Morgan fingerprint density at radius 2 is 1.77 bits per heavy atom. The van der Waals surface area contributed by atoms with Crippen LogP contribution in [0, 0.1) is 11.3 Å². The van der Waals surface area contributed by atoms with E-state index in [0.29, 0.717) is 30.0 Å². The number of nitrogens with two attached hydrogens (primary N) is 1. The summed E-state index contributed by atoms with van der Waals surface area (Å²) in [6, 6.07) is 20.8. The summed E-state index contributed by atoms with van der Waals surface area (Å²) in [6.07, 6.45) is 2.02. The maximum absolute atomic E-state index is 12.3. The van der Waals surface area contributed by atoms with Crippen molar-refractivity contribution in [1.29, 1.82) is 5.26 Å². The second-order valence-corrected chi connectivity index (χ2v) is 7.99. The molecule has 0 atom stereocenters. The number of amides is 1. The van der Waals surface area contributed by atoms with Crippen molar-refractivity contribution in [3.63, 3.8) is 0 Å². The number of carbonyl (C=O) groups is 1. The lowest BCUT2D eigenvalue weighted by Crippen LogP contribution is -2.26. The van der Waals surface area contributed by atoms with Crippen molar-refractivity contribution in [3.05, 3.63) is 83.6 Å². The van der Waals surface area contributed by atoms with Gasteiger partial charge in [0.05, 0.1) is 4.90 Å². The summed E-state index contributed by atoms with van der Waals surface area (Å²) in [5, 5.41) is 17.1. The summed E-state index contributed by atoms with van der Waals surface area (Å²) in [5.74, 6) is 0.308. The number of furan rings is 1. The molecule has 0 fully saturated rings. The number of hydrogen-bond acceptors (Lipinski definition) is 5. The average molecular weight is 421 g/mol. The highest BCUT2D eigenvalue weighted by atomic mass is 32.2. The van der Waals surface area contributed by atoms with E-state index in [9.17, 15) is 18.5 Å². The highest BCUT2D eigenvalue weighted by molar-refractivity contribution is 7.89. The van der Waals surface area contributed by atoms with E-state index >= 15 is 0 Å². The van der Waals surface area contributed by atoms with Crippen LogP contribution >= 0.6 is 0 Å². The van der Waals surface area contributed by atoms with Gasteiger partial charge in [0.2, 0.25) is 10.0 Å². The first kappa shape index (κ1) is 21.0. The number of sulfonamides is 1. The van der Waals surface area contributed by atoms with Crippen LogP contribution in [0.1, 0.15) is 11.3 Å². The van der Waals surface area contributed by atoms with Gasteiger partial charge < -0.3 is 9.73 Å². The number of rotatable bonds is 7. The number of nitrogens with one attached hydrogen (secondary N) is 1. The molecule has 7 nitrogen and oxygen atoms in total. The molecular formula is C22H19N3O4S. The van der Waals surface area contributed by atoms with Crippen LogP contribution in [0.15, 0.2) is 81.6 Å². The molecule has 3 N–H and O–H groups in total. The van der Waals surface area contributed by atoms with Crippen molar-refractivity contribution in [2.75, 3.05) is 6.54 Å². The summed E-state index contributed by atoms with van der Waals surface area (Å²) >= 11 is 0. The largest absolute Gasteiger partial charge is 0.457 e. The van der Waals surface area contributed by atoms with Crippen molar-refractivity contribution in [3.8, 4) is 17.4 Å². The van der Waals surface area contributed by atoms with Crippen LogP contribution in [-0.4, -0.2) is 20.9 Å². The fourth-order valence-electron chi connectivity index (χ4n) is 2.75. The SMILES string of the molecule is N#C/C(=C/c1ccc(-c2ccc(S(N)(=O)=O)cc2)o1)C(=O)NCCc1ccccc1. The molecule has 0 aliphatic rings. The molecule has 3 aromatic rings. The van der Waals surface area contributed by atoms with Gasteiger partial charge in [-0.25, -0.2) is 13.6 Å². The molecule has 0 saturated heterocycles. The van der Waals surface area contributed by atoms with Crippen molar-refractivity contribution >= 4 is 22.0 Å². The predicted octanol–water partition coefficient (Wildman–Crippen LogP) is 2.86. The molecule has 0 radical (unpaired) electrons. The minimum Gasteiger partial charge on any atom is -0.457 e. The maximum atomic E-state index is 12.3. The van der Waals surface area contributed by atoms with Gasteiger partial charge in [0, 0.05) is 18.2 Å². The normalized spacial score (nSPS) is 11.7. The van der Waals surface area contributed by atoms with Crippen molar-refractivity contribution in [2.45, 2.75) is 11.3 Å². The number of primary sulfonamides is 1. The fraction of sp³-hybridized carbons (Fsp3) is 0.0909. The molecule has 2 aromatic carbocycles. The third kappa shape index (κ3) is 5.44. The van der Waals surface area contributed by atoms with E-state index in [0.717, 1.165) is 5.56 Å². The number of carbonyl (C=O) groups excluding carboxylic acids is 1. The van der Waals surface area contributed by atoms with Crippen LogP contribution in [-0.2, 0) is 21.2 Å². The van der Waals surface area contributed by atoms with Gasteiger partial charge in [-0.05, 0) is 48.4 Å². The molecular weight excluding hydrogens is 402 g/mol. The smallest absolute Gasteiger partial charge is 0.262 e. The Morgan fingerprint density at radius 3 is 2.40 bits per heavy atom. The zero-order valence-corrected chi connectivity index (χ0v) is 16.7. The lowest BCUT2D eigenvalue weighted by Gasteiger charge is -2.04. The Bertz CT molecular complexity index is 1210. The van der Waals surface area contributed by atoms with Crippen molar-refractivity contribution in [1.82, 2.24) is 5.32 Å². The molecule has 1 amide bonds. The number of benzene rings is 2. The quantitative estimate of drug-likeness (QED) is 0.448. The van der Waals surface area contributed by atoms with Gasteiger partial charge >= 0.3 is 0 Å². The van der Waals surface area contributed by atoms with Crippen molar-refractivity contribution in [2.24, 2.45) is 5.14 Å². The molecule has 8 heteroatoms. The molecule has 0 saturated carbocycles. The van der Waals surface area contributed by atoms with E-state index in [-0.39, 0.29) is 10.5 Å². The van der Waals surface area contributed by atoms with Gasteiger partial charge in [-0.15, -0.1) is 0 Å². The van der Waals surface area contributed by atoms with Crippen molar-refractivity contribution < 1.29 is 17.6 Å². The Kier molecular flexibility index (Phi) is 6.47.